The van der Waals surface area contributed by atoms with Gasteiger partial charge in [0, 0.05) is 18.5 Å². The fraction of sp³-hybridized carbons (Fsp3) is 0.714. The van der Waals surface area contributed by atoms with E-state index in [-0.39, 0.29) is 0 Å². The molecule has 1 aliphatic rings. The highest BCUT2D eigenvalue weighted by Crippen LogP contribution is 2.27. The van der Waals surface area contributed by atoms with Gasteiger partial charge in [-0.15, -0.1) is 0 Å². The summed E-state index contributed by atoms with van der Waals surface area (Å²) in [6.07, 6.45) is 8.39. The van der Waals surface area contributed by atoms with Crippen molar-refractivity contribution in [1.29, 1.82) is 0 Å². The van der Waals surface area contributed by atoms with Crippen molar-refractivity contribution in [2.24, 2.45) is 5.92 Å². The molecule has 2 nitrogen and oxygen atoms in total. The van der Waals surface area contributed by atoms with E-state index in [9.17, 15) is 0 Å². The van der Waals surface area contributed by atoms with Crippen LogP contribution in [0.2, 0.25) is 0 Å². The first-order valence-electron chi connectivity index (χ1n) is 6.54. The summed E-state index contributed by atoms with van der Waals surface area (Å²) in [7, 11) is 0. The van der Waals surface area contributed by atoms with E-state index in [0.717, 1.165) is 18.1 Å². The van der Waals surface area contributed by atoms with Gasteiger partial charge in [0.15, 0.2) is 0 Å². The summed E-state index contributed by atoms with van der Waals surface area (Å²) in [5.41, 5.74) is 0. The van der Waals surface area contributed by atoms with E-state index >= 15 is 0 Å². The van der Waals surface area contributed by atoms with Gasteiger partial charge in [-0.3, -0.25) is 0 Å². The Bertz CT molecular complexity index is 288. The lowest BCUT2D eigenvalue weighted by Gasteiger charge is -2.24. The van der Waals surface area contributed by atoms with Crippen molar-refractivity contribution in [2.75, 3.05) is 0 Å². The Hall–Kier alpha value is -0.760. The van der Waals surface area contributed by atoms with Gasteiger partial charge in [-0.25, -0.2) is 0 Å². The Morgan fingerprint density at radius 2 is 2.12 bits per heavy atom. The van der Waals surface area contributed by atoms with Gasteiger partial charge in [0.2, 0.25) is 0 Å². The molecule has 2 heteroatoms. The van der Waals surface area contributed by atoms with Crippen LogP contribution in [0.15, 0.2) is 22.8 Å². The fourth-order valence-electron chi connectivity index (χ4n) is 2.83. The molecule has 90 valence electrons. The molecule has 1 aliphatic carbocycles. The molecule has 1 saturated carbocycles. The number of hydrogen-bond donors (Lipinski definition) is 1. The zero-order valence-corrected chi connectivity index (χ0v) is 10.4. The van der Waals surface area contributed by atoms with E-state index in [0.29, 0.717) is 12.1 Å². The molecule has 2 rings (SSSR count). The van der Waals surface area contributed by atoms with Crippen molar-refractivity contribution in [3.8, 4) is 0 Å². The van der Waals surface area contributed by atoms with Crippen molar-refractivity contribution < 1.29 is 4.42 Å². The zero-order chi connectivity index (χ0) is 11.4. The van der Waals surface area contributed by atoms with Crippen molar-refractivity contribution in [1.82, 2.24) is 5.32 Å². The number of furan rings is 1. The summed E-state index contributed by atoms with van der Waals surface area (Å²) >= 11 is 0. The highest BCUT2D eigenvalue weighted by Gasteiger charge is 2.22. The Balaban J connectivity index is 1.75. The molecule has 16 heavy (non-hydrogen) atoms. The molecule has 1 fully saturated rings. The summed E-state index contributed by atoms with van der Waals surface area (Å²) in [6.45, 7) is 4.57. The van der Waals surface area contributed by atoms with Crippen molar-refractivity contribution in [3.63, 3.8) is 0 Å². The van der Waals surface area contributed by atoms with E-state index < -0.39 is 0 Å². The van der Waals surface area contributed by atoms with Gasteiger partial charge >= 0.3 is 0 Å². The van der Waals surface area contributed by atoms with Crippen LogP contribution in [-0.4, -0.2) is 12.1 Å². The van der Waals surface area contributed by atoms with Crippen molar-refractivity contribution in [2.45, 2.75) is 58.0 Å². The first-order valence-corrected chi connectivity index (χ1v) is 6.54. The van der Waals surface area contributed by atoms with Crippen LogP contribution in [-0.2, 0) is 6.42 Å². The minimum Gasteiger partial charge on any atom is -0.469 e. The second kappa shape index (κ2) is 5.53. The van der Waals surface area contributed by atoms with Crippen LogP contribution < -0.4 is 5.32 Å². The third-order valence-electron chi connectivity index (χ3n) is 3.74. The minimum absolute atomic E-state index is 0.502. The second-order valence-corrected chi connectivity index (χ2v) is 5.18. The first-order chi connectivity index (χ1) is 7.75. The highest BCUT2D eigenvalue weighted by atomic mass is 16.3. The van der Waals surface area contributed by atoms with Gasteiger partial charge in [0.05, 0.1) is 6.26 Å². The van der Waals surface area contributed by atoms with E-state index in [1.54, 1.807) is 6.26 Å². The van der Waals surface area contributed by atoms with Crippen LogP contribution >= 0.6 is 0 Å². The minimum atomic E-state index is 0.502. The zero-order valence-electron chi connectivity index (χ0n) is 10.4. The third-order valence-corrected chi connectivity index (χ3v) is 3.74. The van der Waals surface area contributed by atoms with Gasteiger partial charge in [0.25, 0.3) is 0 Å². The summed E-state index contributed by atoms with van der Waals surface area (Å²) in [5.74, 6) is 1.97. The monoisotopic (exact) mass is 221 g/mol. The molecule has 2 atom stereocenters. The molecule has 0 saturated heterocycles. The summed E-state index contributed by atoms with van der Waals surface area (Å²) in [6, 6.07) is 5.16. The normalized spacial score (nSPS) is 21.1. The summed E-state index contributed by atoms with van der Waals surface area (Å²) in [5, 5.41) is 3.70. The van der Waals surface area contributed by atoms with E-state index in [4.69, 9.17) is 4.42 Å². The molecule has 1 heterocycles. The average molecular weight is 221 g/mol. The van der Waals surface area contributed by atoms with E-state index in [1.165, 1.54) is 25.7 Å². The largest absolute Gasteiger partial charge is 0.469 e. The quantitative estimate of drug-likeness (QED) is 0.824. The van der Waals surface area contributed by atoms with Gasteiger partial charge in [0.1, 0.15) is 5.76 Å². The third kappa shape index (κ3) is 3.11. The molecular formula is C14H23NO. The summed E-state index contributed by atoms with van der Waals surface area (Å²) in [4.78, 5) is 0. The molecule has 1 N–H and O–H groups in total. The molecule has 0 radical (unpaired) electrons. The predicted octanol–water partition coefficient (Wildman–Crippen LogP) is 3.38. The average Bonchev–Trinajstić information content (AvgIpc) is 2.88. The lowest BCUT2D eigenvalue weighted by molar-refractivity contribution is 0.339. The topological polar surface area (TPSA) is 25.2 Å². The van der Waals surface area contributed by atoms with Gasteiger partial charge in [-0.05, 0) is 44.7 Å². The molecule has 0 bridgehead atoms. The molecule has 0 spiro atoms. The Morgan fingerprint density at radius 3 is 2.75 bits per heavy atom. The lowest BCUT2D eigenvalue weighted by Crippen LogP contribution is -2.39. The van der Waals surface area contributed by atoms with Crippen LogP contribution in [0.25, 0.3) is 0 Å². The highest BCUT2D eigenvalue weighted by molar-refractivity contribution is 5.00. The first kappa shape index (κ1) is 11.7. The smallest absolute Gasteiger partial charge is 0.105 e. The van der Waals surface area contributed by atoms with Crippen molar-refractivity contribution >= 4 is 0 Å². The van der Waals surface area contributed by atoms with Gasteiger partial charge < -0.3 is 9.73 Å². The number of nitrogens with one attached hydrogen (secondary N) is 1. The molecule has 2 unspecified atom stereocenters. The molecular weight excluding hydrogens is 198 g/mol. The molecule has 0 aromatic carbocycles. The molecule has 1 aromatic heterocycles. The van der Waals surface area contributed by atoms with Crippen LogP contribution in [0, 0.1) is 5.92 Å². The Kier molecular flexibility index (Phi) is 4.05. The molecule has 0 aliphatic heterocycles. The Labute approximate surface area is 98.4 Å². The van der Waals surface area contributed by atoms with E-state index in [1.807, 2.05) is 6.07 Å². The van der Waals surface area contributed by atoms with Gasteiger partial charge in [-0.2, -0.15) is 0 Å². The summed E-state index contributed by atoms with van der Waals surface area (Å²) < 4.78 is 5.37. The van der Waals surface area contributed by atoms with Crippen LogP contribution in [0.4, 0.5) is 0 Å². The maximum absolute atomic E-state index is 5.37. The number of rotatable bonds is 5. The van der Waals surface area contributed by atoms with E-state index in [2.05, 4.69) is 25.2 Å². The van der Waals surface area contributed by atoms with Crippen LogP contribution in [0.1, 0.15) is 45.3 Å². The Morgan fingerprint density at radius 1 is 1.38 bits per heavy atom. The predicted molar refractivity (Wildman–Crippen MR) is 66.4 cm³/mol. The van der Waals surface area contributed by atoms with Crippen LogP contribution in [0.3, 0.4) is 0 Å². The number of hydrogen-bond acceptors (Lipinski definition) is 2. The SMILES string of the molecule is CC(Cc1ccco1)NC(C)C1CCCC1. The maximum Gasteiger partial charge on any atom is 0.105 e. The standard InChI is InChI=1S/C14H23NO/c1-11(10-14-8-5-9-16-14)15-12(2)13-6-3-4-7-13/h5,8-9,11-13,15H,3-4,6-7,10H2,1-2H3. The van der Waals surface area contributed by atoms with Crippen molar-refractivity contribution in [3.05, 3.63) is 24.2 Å². The molecule has 0 amide bonds. The molecule has 1 aromatic rings. The lowest BCUT2D eigenvalue weighted by atomic mass is 9.98. The fourth-order valence-corrected chi connectivity index (χ4v) is 2.83. The second-order valence-electron chi connectivity index (χ2n) is 5.18. The van der Waals surface area contributed by atoms with Crippen LogP contribution in [0.5, 0.6) is 0 Å². The maximum atomic E-state index is 5.37. The van der Waals surface area contributed by atoms with Gasteiger partial charge in [-0.1, -0.05) is 12.8 Å².